The molecule has 0 N–H and O–H groups in total. The summed E-state index contributed by atoms with van der Waals surface area (Å²) in [6.45, 7) is 12.0. The van der Waals surface area contributed by atoms with Gasteiger partial charge in [0.1, 0.15) is 11.5 Å². The summed E-state index contributed by atoms with van der Waals surface area (Å²) < 4.78 is 10.7. The van der Waals surface area contributed by atoms with Gasteiger partial charge < -0.3 is 18.9 Å². The van der Waals surface area contributed by atoms with Gasteiger partial charge in [-0.15, -0.1) is 29.1 Å². The van der Waals surface area contributed by atoms with E-state index in [2.05, 4.69) is 75.3 Å². The zero-order valence-corrected chi connectivity index (χ0v) is 27.2. The molecule has 8 rings (SSSR count). The molecule has 6 nitrogen and oxygen atoms in total. The fraction of sp³-hybridized carbons (Fsp3) is 0.0513. The molecule has 4 heterocycles. The van der Waals surface area contributed by atoms with Crippen molar-refractivity contribution in [3.63, 3.8) is 0 Å². The van der Waals surface area contributed by atoms with Gasteiger partial charge in [-0.3, -0.25) is 4.85 Å². The zero-order chi connectivity index (χ0) is 30.5. The minimum absolute atomic E-state index is 0. The van der Waals surface area contributed by atoms with Crippen LogP contribution in [0, 0.1) is 32.6 Å². The largest absolute Gasteiger partial charge is 2.00 e. The molecule has 0 saturated heterocycles. The van der Waals surface area contributed by atoms with Crippen LogP contribution in [0.2, 0.25) is 0 Å². The van der Waals surface area contributed by atoms with Gasteiger partial charge >= 0.3 is 21.1 Å². The van der Waals surface area contributed by atoms with E-state index < -0.39 is 0 Å². The Bertz CT molecular complexity index is 2440. The van der Waals surface area contributed by atoms with E-state index in [0.717, 1.165) is 55.6 Å². The summed E-state index contributed by atoms with van der Waals surface area (Å²) in [5, 5.41) is 3.26. The number of benzene rings is 4. The number of pyridine rings is 2. The molecule has 0 aliphatic carbocycles. The maximum absolute atomic E-state index is 7.78. The summed E-state index contributed by atoms with van der Waals surface area (Å²) in [6.07, 6.45) is 3.68. The fourth-order valence-corrected chi connectivity index (χ4v) is 6.09. The molecule has 4 aromatic carbocycles. The standard InChI is InChI=1S/C39H25N5O.Pt/c1-25-26(2)43(29-11-5-4-6-12-29)38-24-42-35(23-34(25)38)27-19-28(40-3)21-31(20-27)45-30-16-17-33-32-13-7-8-14-36(32)44(37(33)22-30)39-15-9-10-18-41-39;/h4-19,21,23-24H,1-2H3;/q-2;+2. The number of fused-ring (bicyclic) bond motifs is 4. The molecule has 8 aromatic rings. The SMILES string of the molecule is [C-]#[N+]c1cc(Oc2[c-]c3c(cc2)c2ccccc2n3-c2ccccn2)[c-]c(-c2cc3c(C)c(C)n(-c4ccccc4)c3cn2)c1.[Pt+2]. The van der Waals surface area contributed by atoms with Crippen LogP contribution in [0.25, 0.3) is 60.3 Å². The Morgan fingerprint density at radius 1 is 0.717 bits per heavy atom. The monoisotopic (exact) mass is 774 g/mol. The summed E-state index contributed by atoms with van der Waals surface area (Å²) >= 11 is 0. The molecule has 7 heteroatoms. The Labute approximate surface area is 280 Å². The molecule has 4 aromatic heterocycles. The normalized spacial score (nSPS) is 11.1. The van der Waals surface area contributed by atoms with Crippen molar-refractivity contribution in [2.24, 2.45) is 0 Å². The molecule has 0 saturated carbocycles. The minimum Gasteiger partial charge on any atom is -0.504 e. The molecule has 0 bridgehead atoms. The minimum atomic E-state index is 0. The molecule has 0 spiro atoms. The zero-order valence-electron chi connectivity index (χ0n) is 24.9. The van der Waals surface area contributed by atoms with Crippen molar-refractivity contribution in [2.45, 2.75) is 13.8 Å². The molecular weight excluding hydrogens is 750 g/mol. The first kappa shape index (κ1) is 29.2. The molecule has 0 amide bonds. The molecule has 0 aliphatic rings. The molecule has 0 radical (unpaired) electrons. The van der Waals surface area contributed by atoms with Gasteiger partial charge in [-0.1, -0.05) is 66.2 Å². The quantitative estimate of drug-likeness (QED) is 0.164. The number of ether oxygens (including phenoxy) is 1. The first-order valence-corrected chi connectivity index (χ1v) is 14.6. The number of hydrogen-bond acceptors (Lipinski definition) is 3. The van der Waals surface area contributed by atoms with Crippen LogP contribution in [0.4, 0.5) is 5.69 Å². The van der Waals surface area contributed by atoms with Crippen LogP contribution >= 0.6 is 0 Å². The number of aryl methyl sites for hydroxylation is 1. The van der Waals surface area contributed by atoms with Crippen LogP contribution in [0.3, 0.4) is 0 Å². The second kappa shape index (κ2) is 11.8. The average molecular weight is 775 g/mol. The van der Waals surface area contributed by atoms with Crippen LogP contribution in [0.1, 0.15) is 11.3 Å². The van der Waals surface area contributed by atoms with E-state index in [4.69, 9.17) is 16.3 Å². The fourth-order valence-electron chi connectivity index (χ4n) is 6.09. The second-order valence-corrected chi connectivity index (χ2v) is 10.9. The van der Waals surface area contributed by atoms with E-state index in [1.807, 2.05) is 66.9 Å². The molecule has 0 fully saturated rings. The smallest absolute Gasteiger partial charge is 0.504 e. The molecule has 0 atom stereocenters. The number of hydrogen-bond donors (Lipinski definition) is 0. The van der Waals surface area contributed by atoms with Gasteiger partial charge in [0.05, 0.1) is 12.1 Å². The Hall–Kier alpha value is -5.50. The van der Waals surface area contributed by atoms with Gasteiger partial charge in [-0.25, -0.2) is 4.98 Å². The van der Waals surface area contributed by atoms with Gasteiger partial charge in [0.2, 0.25) is 0 Å². The number of rotatable bonds is 5. The Morgan fingerprint density at radius 2 is 1.52 bits per heavy atom. The van der Waals surface area contributed by atoms with Gasteiger partial charge in [-0.05, 0) is 66.2 Å². The van der Waals surface area contributed by atoms with Crippen LogP contribution < -0.4 is 4.74 Å². The predicted molar refractivity (Wildman–Crippen MR) is 179 cm³/mol. The number of aromatic nitrogens is 4. The molecule has 46 heavy (non-hydrogen) atoms. The third kappa shape index (κ3) is 4.86. The summed E-state index contributed by atoms with van der Waals surface area (Å²) in [5.41, 5.74) is 8.22. The van der Waals surface area contributed by atoms with E-state index in [1.54, 1.807) is 18.3 Å². The first-order valence-electron chi connectivity index (χ1n) is 14.6. The molecular formula is C39H25N5OPt. The van der Waals surface area contributed by atoms with E-state index >= 15 is 0 Å². The molecule has 0 unspecified atom stereocenters. The Kier molecular flexibility index (Phi) is 7.48. The summed E-state index contributed by atoms with van der Waals surface area (Å²) in [7, 11) is 0. The van der Waals surface area contributed by atoms with Gasteiger partial charge in [0.25, 0.3) is 0 Å². The van der Waals surface area contributed by atoms with Crippen molar-refractivity contribution < 1.29 is 25.8 Å². The Balaban J connectivity index is 0.00000338. The van der Waals surface area contributed by atoms with Crippen molar-refractivity contribution in [2.75, 3.05) is 0 Å². The maximum Gasteiger partial charge on any atom is 2.00 e. The Morgan fingerprint density at radius 3 is 2.33 bits per heavy atom. The summed E-state index contributed by atoms with van der Waals surface area (Å²) in [4.78, 5) is 13.2. The number of nitrogens with zero attached hydrogens (tertiary/aromatic N) is 5. The van der Waals surface area contributed by atoms with Crippen LogP contribution in [0.5, 0.6) is 11.5 Å². The topological polar surface area (TPSA) is 49.2 Å². The molecule has 222 valence electrons. The van der Waals surface area contributed by atoms with Crippen molar-refractivity contribution in [3.05, 3.63) is 150 Å². The van der Waals surface area contributed by atoms with Crippen molar-refractivity contribution in [3.8, 4) is 34.3 Å². The van der Waals surface area contributed by atoms with Crippen molar-refractivity contribution >= 4 is 38.4 Å². The summed E-state index contributed by atoms with van der Waals surface area (Å²) in [5.74, 6) is 1.74. The van der Waals surface area contributed by atoms with Gasteiger partial charge in [-0.2, -0.15) is 6.07 Å². The van der Waals surface area contributed by atoms with Crippen LogP contribution in [0.15, 0.2) is 116 Å². The number of para-hydroxylation sites is 2. The average Bonchev–Trinajstić information content (AvgIpc) is 3.55. The third-order valence-corrected chi connectivity index (χ3v) is 8.31. The summed E-state index contributed by atoms with van der Waals surface area (Å²) in [6, 6.07) is 40.7. The van der Waals surface area contributed by atoms with Crippen molar-refractivity contribution in [1.29, 1.82) is 0 Å². The molecule has 0 aliphatic heterocycles. The van der Waals surface area contributed by atoms with Crippen molar-refractivity contribution in [1.82, 2.24) is 19.1 Å². The van der Waals surface area contributed by atoms with E-state index in [0.29, 0.717) is 22.7 Å². The maximum atomic E-state index is 7.78. The predicted octanol–water partition coefficient (Wildman–Crippen LogP) is 9.74. The first-order chi connectivity index (χ1) is 22.1. The van der Waals surface area contributed by atoms with Crippen LogP contribution in [-0.2, 0) is 21.1 Å². The van der Waals surface area contributed by atoms with Crippen LogP contribution in [-0.4, -0.2) is 19.1 Å². The van der Waals surface area contributed by atoms with E-state index in [9.17, 15) is 0 Å². The second-order valence-electron chi connectivity index (χ2n) is 10.9. The van der Waals surface area contributed by atoms with Gasteiger partial charge in [0.15, 0.2) is 0 Å². The third-order valence-electron chi connectivity index (χ3n) is 8.31. The van der Waals surface area contributed by atoms with Gasteiger partial charge in [0, 0.05) is 40.8 Å². The van der Waals surface area contributed by atoms with E-state index in [1.165, 1.54) is 5.56 Å². The van der Waals surface area contributed by atoms with E-state index in [-0.39, 0.29) is 21.1 Å².